The van der Waals surface area contributed by atoms with Crippen molar-refractivity contribution in [1.82, 2.24) is 10.4 Å². The summed E-state index contributed by atoms with van der Waals surface area (Å²) >= 11 is 1.60. The van der Waals surface area contributed by atoms with Gasteiger partial charge in [0.15, 0.2) is 10.8 Å². The van der Waals surface area contributed by atoms with Crippen LogP contribution in [0.5, 0.6) is 0 Å². The minimum absolute atomic E-state index is 0.626. The number of aliphatic imine (C=N–C) groups is 1. The largest absolute Gasteiger partial charge is 0.378 e. The molecule has 150 valence electrons. The molecule has 0 saturated carbocycles. The van der Waals surface area contributed by atoms with Crippen molar-refractivity contribution in [2.75, 3.05) is 19.0 Å². The molecule has 0 saturated heterocycles. The number of hydrogen-bond donors (Lipinski definition) is 1. The fourth-order valence-corrected chi connectivity index (χ4v) is 3.77. The number of para-hydroxylation sites is 1. The lowest BCUT2D eigenvalue weighted by Crippen LogP contribution is -2.18. The number of hydrazone groups is 1. The number of amidine groups is 1. The summed E-state index contributed by atoms with van der Waals surface area (Å²) in [6.07, 6.45) is 1.79. The van der Waals surface area contributed by atoms with Gasteiger partial charge < -0.3 is 4.90 Å². The molecule has 4 aromatic rings. The first-order valence-corrected chi connectivity index (χ1v) is 10.5. The number of nitrogens with one attached hydrogen (secondary N) is 1. The zero-order valence-electron chi connectivity index (χ0n) is 17.2. The Morgan fingerprint density at radius 3 is 2.40 bits per heavy atom. The summed E-state index contributed by atoms with van der Waals surface area (Å²) in [6.45, 7) is 2.06. The fraction of sp³-hybridized carbons (Fsp3) is 0.125. The highest BCUT2D eigenvalue weighted by atomic mass is 32.1. The smallest absolute Gasteiger partial charge is 0.183 e. The van der Waals surface area contributed by atoms with Gasteiger partial charge in [-0.1, -0.05) is 42.0 Å². The van der Waals surface area contributed by atoms with Crippen LogP contribution in [0.15, 0.2) is 82.9 Å². The standard InChI is InChI=1S/C24H23N5S/c1-17-8-12-19(13-9-17)26-23(24-27-21-6-4-5-7-22(21)30-24)28-25-16-18-10-14-20(15-11-18)29(2)3/h4-16H,1-3H3,(H,26,28)/b25-16-. The van der Waals surface area contributed by atoms with Gasteiger partial charge >= 0.3 is 0 Å². The molecular weight excluding hydrogens is 390 g/mol. The van der Waals surface area contributed by atoms with Crippen LogP contribution in [0.4, 0.5) is 11.4 Å². The molecule has 0 radical (unpaired) electrons. The maximum Gasteiger partial charge on any atom is 0.183 e. The molecule has 0 aliphatic carbocycles. The van der Waals surface area contributed by atoms with Crippen LogP contribution in [0.25, 0.3) is 10.2 Å². The molecular formula is C24H23N5S. The monoisotopic (exact) mass is 413 g/mol. The zero-order valence-corrected chi connectivity index (χ0v) is 18.0. The van der Waals surface area contributed by atoms with E-state index in [9.17, 15) is 0 Å². The Labute approximate surface area is 180 Å². The highest BCUT2D eigenvalue weighted by Gasteiger charge is 2.10. The number of thiazole rings is 1. The Bertz CT molecular complexity index is 1160. The molecule has 1 N–H and O–H groups in total. The molecule has 30 heavy (non-hydrogen) atoms. The van der Waals surface area contributed by atoms with Crippen molar-refractivity contribution < 1.29 is 0 Å². The SMILES string of the molecule is Cc1ccc(N=C(N/N=C\c2ccc(N(C)C)cc2)c2nc3ccccc3s2)cc1. The number of rotatable bonds is 5. The lowest BCUT2D eigenvalue weighted by molar-refractivity contribution is 1.03. The van der Waals surface area contributed by atoms with Gasteiger partial charge in [0.1, 0.15) is 0 Å². The van der Waals surface area contributed by atoms with E-state index in [1.165, 1.54) is 5.56 Å². The van der Waals surface area contributed by atoms with Crippen molar-refractivity contribution in [3.63, 3.8) is 0 Å². The minimum Gasteiger partial charge on any atom is -0.378 e. The molecule has 0 aliphatic rings. The van der Waals surface area contributed by atoms with Crippen LogP contribution < -0.4 is 10.3 Å². The van der Waals surface area contributed by atoms with E-state index in [0.29, 0.717) is 5.84 Å². The van der Waals surface area contributed by atoms with Crippen molar-refractivity contribution >= 4 is 45.0 Å². The van der Waals surface area contributed by atoms with Crippen LogP contribution in [0.2, 0.25) is 0 Å². The molecule has 0 spiro atoms. The minimum atomic E-state index is 0.626. The fourth-order valence-electron chi connectivity index (χ4n) is 2.87. The lowest BCUT2D eigenvalue weighted by Gasteiger charge is -2.11. The Morgan fingerprint density at radius 1 is 0.967 bits per heavy atom. The summed E-state index contributed by atoms with van der Waals surface area (Å²) in [7, 11) is 4.05. The number of nitrogens with zero attached hydrogens (tertiary/aromatic N) is 4. The van der Waals surface area contributed by atoms with Gasteiger partial charge in [-0.05, 0) is 48.9 Å². The first kappa shape index (κ1) is 19.8. The maximum absolute atomic E-state index is 4.77. The molecule has 6 heteroatoms. The van der Waals surface area contributed by atoms with E-state index < -0.39 is 0 Å². The van der Waals surface area contributed by atoms with Crippen LogP contribution in [0.1, 0.15) is 16.1 Å². The normalized spacial score (nSPS) is 11.9. The van der Waals surface area contributed by atoms with Gasteiger partial charge in [-0.2, -0.15) is 5.10 Å². The van der Waals surface area contributed by atoms with Gasteiger partial charge in [0.2, 0.25) is 0 Å². The molecule has 1 aromatic heterocycles. The van der Waals surface area contributed by atoms with E-state index in [4.69, 9.17) is 9.98 Å². The van der Waals surface area contributed by atoms with Crippen molar-refractivity contribution in [1.29, 1.82) is 0 Å². The van der Waals surface area contributed by atoms with Gasteiger partial charge in [0.05, 0.1) is 22.1 Å². The second-order valence-corrected chi connectivity index (χ2v) is 8.17. The zero-order chi connectivity index (χ0) is 20.9. The third-order valence-corrected chi connectivity index (χ3v) is 5.61. The van der Waals surface area contributed by atoms with Gasteiger partial charge in [0.25, 0.3) is 0 Å². The predicted octanol–water partition coefficient (Wildman–Crippen LogP) is 5.37. The third kappa shape index (κ3) is 4.72. The Hall–Kier alpha value is -3.51. The molecule has 0 unspecified atom stereocenters. The summed E-state index contributed by atoms with van der Waals surface area (Å²) in [4.78, 5) is 11.6. The quantitative estimate of drug-likeness (QED) is 0.272. The summed E-state index contributed by atoms with van der Waals surface area (Å²) in [5.41, 5.74) is 8.27. The molecule has 0 fully saturated rings. The molecule has 0 atom stereocenters. The van der Waals surface area contributed by atoms with E-state index in [1.807, 2.05) is 68.7 Å². The van der Waals surface area contributed by atoms with Gasteiger partial charge in [0, 0.05) is 19.8 Å². The number of aromatic nitrogens is 1. The highest BCUT2D eigenvalue weighted by molar-refractivity contribution is 7.20. The van der Waals surface area contributed by atoms with Crippen LogP contribution >= 0.6 is 11.3 Å². The first-order chi connectivity index (χ1) is 14.6. The molecule has 0 amide bonds. The molecule has 4 rings (SSSR count). The van der Waals surface area contributed by atoms with Crippen molar-refractivity contribution in [2.24, 2.45) is 10.1 Å². The number of fused-ring (bicyclic) bond motifs is 1. The predicted molar refractivity (Wildman–Crippen MR) is 128 cm³/mol. The lowest BCUT2D eigenvalue weighted by atomic mass is 10.2. The molecule has 1 heterocycles. The molecule has 0 aliphatic heterocycles. The number of hydrogen-bond acceptors (Lipinski definition) is 5. The number of aryl methyl sites for hydroxylation is 1. The summed E-state index contributed by atoms with van der Waals surface area (Å²) in [5.74, 6) is 0.626. The van der Waals surface area contributed by atoms with E-state index in [2.05, 4.69) is 40.5 Å². The Balaban J connectivity index is 1.62. The van der Waals surface area contributed by atoms with Crippen molar-refractivity contribution in [3.05, 3.63) is 88.9 Å². The highest BCUT2D eigenvalue weighted by Crippen LogP contribution is 2.23. The summed E-state index contributed by atoms with van der Waals surface area (Å²) < 4.78 is 1.12. The summed E-state index contributed by atoms with van der Waals surface area (Å²) in [5, 5.41) is 5.23. The topological polar surface area (TPSA) is 52.9 Å². The number of anilines is 1. The van der Waals surface area contributed by atoms with Crippen molar-refractivity contribution in [2.45, 2.75) is 6.92 Å². The van der Waals surface area contributed by atoms with Gasteiger partial charge in [-0.3, -0.25) is 5.43 Å². The van der Waals surface area contributed by atoms with Crippen LogP contribution in [0, 0.1) is 6.92 Å². The van der Waals surface area contributed by atoms with Crippen LogP contribution in [-0.2, 0) is 0 Å². The molecule has 0 bridgehead atoms. The average molecular weight is 414 g/mol. The van der Waals surface area contributed by atoms with E-state index in [-0.39, 0.29) is 0 Å². The maximum atomic E-state index is 4.77. The van der Waals surface area contributed by atoms with Crippen LogP contribution in [0.3, 0.4) is 0 Å². The Kier molecular flexibility index (Phi) is 5.86. The summed E-state index contributed by atoms with van der Waals surface area (Å²) in [6, 6.07) is 24.4. The van der Waals surface area contributed by atoms with Crippen LogP contribution in [-0.4, -0.2) is 31.1 Å². The van der Waals surface area contributed by atoms with E-state index in [1.54, 1.807) is 17.6 Å². The van der Waals surface area contributed by atoms with E-state index >= 15 is 0 Å². The van der Waals surface area contributed by atoms with Gasteiger partial charge in [-0.15, -0.1) is 11.3 Å². The first-order valence-electron chi connectivity index (χ1n) is 9.66. The van der Waals surface area contributed by atoms with Gasteiger partial charge in [-0.25, -0.2) is 9.98 Å². The second kappa shape index (κ2) is 8.88. The van der Waals surface area contributed by atoms with E-state index in [0.717, 1.165) is 32.2 Å². The third-order valence-electron chi connectivity index (χ3n) is 4.56. The van der Waals surface area contributed by atoms with Crippen molar-refractivity contribution in [3.8, 4) is 0 Å². The Morgan fingerprint density at radius 2 is 1.70 bits per heavy atom. The average Bonchev–Trinajstić information content (AvgIpc) is 3.19. The molecule has 3 aromatic carbocycles. The second-order valence-electron chi connectivity index (χ2n) is 7.14. The number of benzene rings is 3. The molecule has 5 nitrogen and oxygen atoms in total.